The molecule has 0 bridgehead atoms. The number of likely N-dealkylation sites (N-methyl/N-ethyl adjacent to an activating group) is 1. The summed E-state index contributed by atoms with van der Waals surface area (Å²) in [7, 11) is 0.280. The first-order valence-electron chi connectivity index (χ1n) is 10.5. The summed E-state index contributed by atoms with van der Waals surface area (Å²) in [5, 5.41) is 0. The second-order valence-corrected chi connectivity index (χ2v) is 11.8. The molecule has 1 saturated heterocycles. The Hall–Kier alpha value is -1.84. The van der Waals surface area contributed by atoms with Crippen LogP contribution in [0.15, 0.2) is 63.2 Å². The van der Waals surface area contributed by atoms with Crippen LogP contribution in [0.5, 0.6) is 0 Å². The van der Waals surface area contributed by atoms with Gasteiger partial charge < -0.3 is 9.80 Å². The van der Waals surface area contributed by atoms with E-state index in [2.05, 4.69) is 22.9 Å². The molecule has 166 valence electrons. The van der Waals surface area contributed by atoms with Crippen molar-refractivity contribution in [2.24, 2.45) is 0 Å². The molecule has 0 N–H and O–H groups in total. The second-order valence-electron chi connectivity index (χ2n) is 8.26. The van der Waals surface area contributed by atoms with E-state index >= 15 is 0 Å². The Bertz CT molecular complexity index is 1130. The van der Waals surface area contributed by atoms with Crippen molar-refractivity contribution < 1.29 is 12.6 Å². The number of sulfonamides is 1. The average Bonchev–Trinajstić information content (AvgIpc) is 2.77. The van der Waals surface area contributed by atoms with Gasteiger partial charge in [0.15, 0.2) is 0 Å². The molecular formula is C23H29N3O3S2. The standard InChI is InChI=1S/C23H29N3O3S2/c1-24(2)31(28,29)18-10-11-23-21(17-18)19(20-7-4-5-9-22(20)30(23)27)8-6-12-26-15-13-25(3)14-16-26/h4-5,7-11,17H,6,12-16H2,1-3H3/b19-8+. The van der Waals surface area contributed by atoms with Crippen molar-refractivity contribution in [2.75, 3.05) is 53.9 Å². The maximum atomic E-state index is 13.2. The summed E-state index contributed by atoms with van der Waals surface area (Å²) in [5.74, 6) is 0. The van der Waals surface area contributed by atoms with Gasteiger partial charge in [-0.3, -0.25) is 0 Å². The molecule has 2 aromatic carbocycles. The van der Waals surface area contributed by atoms with Crippen molar-refractivity contribution in [3.05, 3.63) is 59.7 Å². The van der Waals surface area contributed by atoms with Gasteiger partial charge in [0.25, 0.3) is 0 Å². The summed E-state index contributed by atoms with van der Waals surface area (Å²) in [6, 6.07) is 12.6. The summed E-state index contributed by atoms with van der Waals surface area (Å²) >= 11 is 0. The predicted molar refractivity (Wildman–Crippen MR) is 124 cm³/mol. The zero-order valence-electron chi connectivity index (χ0n) is 18.2. The molecular weight excluding hydrogens is 430 g/mol. The highest BCUT2D eigenvalue weighted by molar-refractivity contribution is 7.89. The van der Waals surface area contributed by atoms with E-state index in [1.165, 1.54) is 18.4 Å². The van der Waals surface area contributed by atoms with Crippen molar-refractivity contribution in [1.82, 2.24) is 14.1 Å². The minimum Gasteiger partial charge on any atom is -0.304 e. The smallest absolute Gasteiger partial charge is 0.242 e. The van der Waals surface area contributed by atoms with Gasteiger partial charge in [0.2, 0.25) is 10.0 Å². The SMILES string of the molecule is CN1CCN(CC/C=C2\c3ccccc3S(=O)c3ccc(S(=O)(=O)N(C)C)cc32)CC1. The Labute approximate surface area is 187 Å². The Kier molecular flexibility index (Phi) is 6.46. The molecule has 0 radical (unpaired) electrons. The fourth-order valence-electron chi connectivity index (χ4n) is 4.05. The van der Waals surface area contributed by atoms with Crippen molar-refractivity contribution in [2.45, 2.75) is 21.1 Å². The Morgan fingerprint density at radius 3 is 2.39 bits per heavy atom. The number of piperazine rings is 1. The Balaban J connectivity index is 1.72. The lowest BCUT2D eigenvalue weighted by molar-refractivity contribution is 0.156. The lowest BCUT2D eigenvalue weighted by atomic mass is 9.96. The van der Waals surface area contributed by atoms with Crippen molar-refractivity contribution in [3.8, 4) is 0 Å². The van der Waals surface area contributed by atoms with Crippen LogP contribution in [0.4, 0.5) is 0 Å². The molecule has 0 aromatic heterocycles. The van der Waals surface area contributed by atoms with E-state index in [-0.39, 0.29) is 4.90 Å². The molecule has 2 aliphatic heterocycles. The highest BCUT2D eigenvalue weighted by Gasteiger charge is 2.28. The number of nitrogens with zero attached hydrogens (tertiary/aromatic N) is 3. The van der Waals surface area contributed by atoms with Gasteiger partial charge in [-0.05, 0) is 54.4 Å². The molecule has 8 heteroatoms. The van der Waals surface area contributed by atoms with E-state index in [4.69, 9.17) is 0 Å². The number of benzene rings is 2. The van der Waals surface area contributed by atoms with Crippen LogP contribution in [-0.2, 0) is 20.8 Å². The van der Waals surface area contributed by atoms with Gasteiger partial charge in [-0.25, -0.2) is 16.9 Å². The van der Waals surface area contributed by atoms with E-state index in [1.54, 1.807) is 18.2 Å². The monoisotopic (exact) mass is 459 g/mol. The first kappa shape index (κ1) is 22.4. The van der Waals surface area contributed by atoms with Crippen LogP contribution >= 0.6 is 0 Å². The van der Waals surface area contributed by atoms with Crippen LogP contribution in [0.25, 0.3) is 5.57 Å². The molecule has 4 rings (SSSR count). The van der Waals surface area contributed by atoms with Crippen LogP contribution in [0.3, 0.4) is 0 Å². The predicted octanol–water partition coefficient (Wildman–Crippen LogP) is 2.49. The zero-order valence-corrected chi connectivity index (χ0v) is 19.9. The van der Waals surface area contributed by atoms with E-state index in [1.807, 2.05) is 24.3 Å². The van der Waals surface area contributed by atoms with Gasteiger partial charge in [-0.2, -0.15) is 0 Å². The lowest BCUT2D eigenvalue weighted by Crippen LogP contribution is -2.44. The van der Waals surface area contributed by atoms with Crippen molar-refractivity contribution in [3.63, 3.8) is 0 Å². The molecule has 1 unspecified atom stereocenters. The fourth-order valence-corrected chi connectivity index (χ4v) is 6.36. The molecule has 2 heterocycles. The average molecular weight is 460 g/mol. The van der Waals surface area contributed by atoms with E-state index in [9.17, 15) is 12.6 Å². The molecule has 2 aliphatic rings. The third-order valence-corrected chi connectivity index (χ3v) is 9.31. The number of hydrogen-bond acceptors (Lipinski definition) is 5. The number of hydrogen-bond donors (Lipinski definition) is 0. The third-order valence-electron chi connectivity index (χ3n) is 5.99. The molecule has 31 heavy (non-hydrogen) atoms. The molecule has 2 aromatic rings. The van der Waals surface area contributed by atoms with Gasteiger partial charge in [-0.1, -0.05) is 24.3 Å². The molecule has 0 aliphatic carbocycles. The summed E-state index contributed by atoms with van der Waals surface area (Å²) in [5.41, 5.74) is 2.64. The van der Waals surface area contributed by atoms with Crippen molar-refractivity contribution >= 4 is 26.4 Å². The van der Waals surface area contributed by atoms with E-state index < -0.39 is 20.8 Å². The number of fused-ring (bicyclic) bond motifs is 2. The molecule has 0 amide bonds. The maximum Gasteiger partial charge on any atom is 0.242 e. The van der Waals surface area contributed by atoms with E-state index in [0.717, 1.165) is 60.7 Å². The topological polar surface area (TPSA) is 60.9 Å². The summed E-state index contributed by atoms with van der Waals surface area (Å²) in [6.07, 6.45) is 3.03. The highest BCUT2D eigenvalue weighted by atomic mass is 32.2. The summed E-state index contributed by atoms with van der Waals surface area (Å²) in [4.78, 5) is 6.46. The van der Waals surface area contributed by atoms with Gasteiger partial charge in [0.1, 0.15) is 0 Å². The van der Waals surface area contributed by atoms with E-state index in [0.29, 0.717) is 4.90 Å². The molecule has 1 atom stereocenters. The normalized spacial score (nSPS) is 21.3. The highest BCUT2D eigenvalue weighted by Crippen LogP contribution is 2.40. The van der Waals surface area contributed by atoms with Crippen LogP contribution in [0.1, 0.15) is 17.5 Å². The van der Waals surface area contributed by atoms with Crippen LogP contribution in [0.2, 0.25) is 0 Å². The summed E-state index contributed by atoms with van der Waals surface area (Å²) in [6.45, 7) is 5.22. The third kappa shape index (κ3) is 4.40. The molecule has 0 spiro atoms. The van der Waals surface area contributed by atoms with Crippen LogP contribution in [-0.4, -0.2) is 80.6 Å². The molecule has 6 nitrogen and oxygen atoms in total. The fraction of sp³-hybridized carbons (Fsp3) is 0.391. The Morgan fingerprint density at radius 2 is 1.68 bits per heavy atom. The van der Waals surface area contributed by atoms with Crippen molar-refractivity contribution in [1.29, 1.82) is 0 Å². The van der Waals surface area contributed by atoms with Gasteiger partial charge in [0, 0.05) is 46.8 Å². The number of rotatable bonds is 5. The minimum atomic E-state index is -3.58. The Morgan fingerprint density at radius 1 is 1.00 bits per heavy atom. The molecule has 0 saturated carbocycles. The first-order valence-corrected chi connectivity index (χ1v) is 13.1. The van der Waals surface area contributed by atoms with Gasteiger partial charge in [0.05, 0.1) is 25.5 Å². The molecule has 1 fully saturated rings. The minimum absolute atomic E-state index is 0.220. The van der Waals surface area contributed by atoms with Gasteiger partial charge in [-0.15, -0.1) is 0 Å². The largest absolute Gasteiger partial charge is 0.304 e. The van der Waals surface area contributed by atoms with Crippen LogP contribution in [0, 0.1) is 0 Å². The lowest BCUT2D eigenvalue weighted by Gasteiger charge is -2.32. The van der Waals surface area contributed by atoms with Crippen LogP contribution < -0.4 is 0 Å². The second kappa shape index (κ2) is 8.96. The zero-order chi connectivity index (χ0) is 22.2. The first-order chi connectivity index (χ1) is 14.8. The maximum absolute atomic E-state index is 13.2. The summed E-state index contributed by atoms with van der Waals surface area (Å²) < 4.78 is 39.9. The van der Waals surface area contributed by atoms with Gasteiger partial charge >= 0.3 is 0 Å². The quantitative estimate of drug-likeness (QED) is 0.587.